The van der Waals surface area contributed by atoms with Crippen LogP contribution in [0, 0.1) is 12.8 Å². The summed E-state index contributed by atoms with van der Waals surface area (Å²) in [5.41, 5.74) is 1.04. The van der Waals surface area contributed by atoms with Crippen LogP contribution >= 0.6 is 0 Å². The van der Waals surface area contributed by atoms with E-state index in [-0.39, 0.29) is 0 Å². The number of imidazole rings is 1. The summed E-state index contributed by atoms with van der Waals surface area (Å²) in [5.74, 6) is 2.52. The van der Waals surface area contributed by atoms with Crippen LogP contribution in [0.15, 0.2) is 12.5 Å². The minimum absolute atomic E-state index is 0.605. The maximum absolute atomic E-state index is 4.51. The first-order valence-corrected chi connectivity index (χ1v) is 6.66. The van der Waals surface area contributed by atoms with E-state index < -0.39 is 0 Å². The molecule has 0 aliphatic rings. The standard InChI is InChI=1S/C13H22N6/c1-10(2)7-19-8-11(3)16-13(19)14-6-5-12-17-15-9-18(12)4/h8-10H,5-7H2,1-4H3,(H,14,16). The molecule has 2 heterocycles. The highest BCUT2D eigenvalue weighted by Crippen LogP contribution is 2.11. The lowest BCUT2D eigenvalue weighted by molar-refractivity contribution is 0.526. The van der Waals surface area contributed by atoms with Crippen molar-refractivity contribution in [3.8, 4) is 0 Å². The average Bonchev–Trinajstić information content (AvgIpc) is 2.86. The fraction of sp³-hybridized carbons (Fsp3) is 0.615. The molecular weight excluding hydrogens is 240 g/mol. The zero-order valence-electron chi connectivity index (χ0n) is 12.1. The van der Waals surface area contributed by atoms with Crippen LogP contribution in [0.2, 0.25) is 0 Å². The number of rotatable bonds is 6. The van der Waals surface area contributed by atoms with Crippen molar-refractivity contribution in [3.05, 3.63) is 24.0 Å². The third-order valence-electron chi connectivity index (χ3n) is 2.90. The lowest BCUT2D eigenvalue weighted by Gasteiger charge is -2.11. The van der Waals surface area contributed by atoms with Gasteiger partial charge in [0.1, 0.15) is 12.2 Å². The molecule has 1 N–H and O–H groups in total. The zero-order valence-corrected chi connectivity index (χ0v) is 12.1. The molecule has 0 fully saturated rings. The molecule has 6 nitrogen and oxygen atoms in total. The molecule has 0 unspecified atom stereocenters. The Hall–Kier alpha value is -1.85. The van der Waals surface area contributed by atoms with Gasteiger partial charge >= 0.3 is 0 Å². The molecule has 0 bridgehead atoms. The molecule has 0 aliphatic carbocycles. The van der Waals surface area contributed by atoms with Gasteiger partial charge in [0.15, 0.2) is 0 Å². The molecule has 0 saturated carbocycles. The summed E-state index contributed by atoms with van der Waals surface area (Å²) in [4.78, 5) is 4.51. The largest absolute Gasteiger partial charge is 0.355 e. The smallest absolute Gasteiger partial charge is 0.203 e. The van der Waals surface area contributed by atoms with Gasteiger partial charge in [0, 0.05) is 32.8 Å². The van der Waals surface area contributed by atoms with Crippen molar-refractivity contribution >= 4 is 5.95 Å². The lowest BCUT2D eigenvalue weighted by atomic mass is 10.2. The molecule has 0 spiro atoms. The van der Waals surface area contributed by atoms with Crippen molar-refractivity contribution in [2.75, 3.05) is 11.9 Å². The minimum Gasteiger partial charge on any atom is -0.355 e. The molecule has 0 atom stereocenters. The fourth-order valence-corrected chi connectivity index (χ4v) is 2.04. The molecule has 0 amide bonds. The summed E-state index contributed by atoms with van der Waals surface area (Å²) in [6, 6.07) is 0. The maximum Gasteiger partial charge on any atom is 0.203 e. The first-order chi connectivity index (χ1) is 9.06. The van der Waals surface area contributed by atoms with Gasteiger partial charge in [-0.05, 0) is 12.8 Å². The Balaban J connectivity index is 1.94. The molecule has 0 aromatic carbocycles. The summed E-state index contributed by atoms with van der Waals surface area (Å²) >= 11 is 0. The van der Waals surface area contributed by atoms with Crippen LogP contribution in [0.3, 0.4) is 0 Å². The second-order valence-electron chi connectivity index (χ2n) is 5.29. The second kappa shape index (κ2) is 5.86. The SMILES string of the molecule is Cc1cn(CC(C)C)c(NCCc2nncn2C)n1. The van der Waals surface area contributed by atoms with Crippen molar-refractivity contribution < 1.29 is 0 Å². The quantitative estimate of drug-likeness (QED) is 0.859. The van der Waals surface area contributed by atoms with E-state index in [9.17, 15) is 0 Å². The molecule has 0 saturated heterocycles. The van der Waals surface area contributed by atoms with E-state index in [1.165, 1.54) is 0 Å². The second-order valence-corrected chi connectivity index (χ2v) is 5.29. The van der Waals surface area contributed by atoms with Gasteiger partial charge in [0.25, 0.3) is 0 Å². The highest BCUT2D eigenvalue weighted by molar-refractivity contribution is 5.28. The van der Waals surface area contributed by atoms with E-state index in [2.05, 4.69) is 45.1 Å². The molecule has 2 aromatic heterocycles. The normalized spacial score (nSPS) is 11.2. The Kier molecular flexibility index (Phi) is 4.19. The number of nitrogens with zero attached hydrogens (tertiary/aromatic N) is 5. The van der Waals surface area contributed by atoms with Crippen molar-refractivity contribution in [1.82, 2.24) is 24.3 Å². The number of hydrogen-bond donors (Lipinski definition) is 1. The number of aryl methyl sites for hydroxylation is 2. The molecule has 6 heteroatoms. The highest BCUT2D eigenvalue weighted by Gasteiger charge is 2.07. The third-order valence-corrected chi connectivity index (χ3v) is 2.90. The van der Waals surface area contributed by atoms with Gasteiger partial charge in [0.05, 0.1) is 5.69 Å². The van der Waals surface area contributed by atoms with Crippen LogP contribution in [-0.2, 0) is 20.0 Å². The van der Waals surface area contributed by atoms with Crippen molar-refractivity contribution in [3.63, 3.8) is 0 Å². The van der Waals surface area contributed by atoms with E-state index in [0.29, 0.717) is 5.92 Å². The predicted molar refractivity (Wildman–Crippen MR) is 75.0 cm³/mol. The van der Waals surface area contributed by atoms with Crippen LogP contribution in [0.25, 0.3) is 0 Å². The van der Waals surface area contributed by atoms with Crippen LogP contribution in [-0.4, -0.2) is 30.9 Å². The summed E-state index contributed by atoms with van der Waals surface area (Å²) in [5, 5.41) is 11.3. The van der Waals surface area contributed by atoms with Gasteiger partial charge in [-0.2, -0.15) is 0 Å². The van der Waals surface area contributed by atoms with Crippen LogP contribution in [0.5, 0.6) is 0 Å². The van der Waals surface area contributed by atoms with E-state index >= 15 is 0 Å². The van der Waals surface area contributed by atoms with E-state index in [0.717, 1.165) is 37.0 Å². The molecular formula is C13H22N6. The van der Waals surface area contributed by atoms with Gasteiger partial charge in [-0.15, -0.1) is 10.2 Å². The van der Waals surface area contributed by atoms with Crippen molar-refractivity contribution in [1.29, 1.82) is 0 Å². The van der Waals surface area contributed by atoms with Crippen LogP contribution in [0.4, 0.5) is 5.95 Å². The predicted octanol–water partition coefficient (Wildman–Crippen LogP) is 1.63. The van der Waals surface area contributed by atoms with Crippen LogP contribution in [0.1, 0.15) is 25.4 Å². The molecule has 2 rings (SSSR count). The van der Waals surface area contributed by atoms with E-state index in [1.807, 2.05) is 18.5 Å². The van der Waals surface area contributed by atoms with Gasteiger partial charge < -0.3 is 14.5 Å². The molecule has 0 aliphatic heterocycles. The number of aromatic nitrogens is 5. The fourth-order valence-electron chi connectivity index (χ4n) is 2.04. The Bertz CT molecular complexity index is 525. The Morgan fingerprint density at radius 2 is 2.16 bits per heavy atom. The third kappa shape index (κ3) is 3.56. The first kappa shape index (κ1) is 13.6. The van der Waals surface area contributed by atoms with E-state index in [4.69, 9.17) is 0 Å². The molecule has 0 radical (unpaired) electrons. The average molecular weight is 262 g/mol. The zero-order chi connectivity index (χ0) is 13.8. The molecule has 2 aromatic rings. The van der Waals surface area contributed by atoms with Crippen molar-refractivity contribution in [2.45, 2.75) is 33.7 Å². The van der Waals surface area contributed by atoms with Gasteiger partial charge in [-0.1, -0.05) is 13.8 Å². The lowest BCUT2D eigenvalue weighted by Crippen LogP contribution is -2.14. The first-order valence-electron chi connectivity index (χ1n) is 6.66. The highest BCUT2D eigenvalue weighted by atomic mass is 15.3. The van der Waals surface area contributed by atoms with Crippen molar-refractivity contribution in [2.24, 2.45) is 13.0 Å². The summed E-state index contributed by atoms with van der Waals surface area (Å²) in [7, 11) is 1.96. The van der Waals surface area contributed by atoms with Gasteiger partial charge in [-0.3, -0.25) is 0 Å². The maximum atomic E-state index is 4.51. The Morgan fingerprint density at radius 1 is 1.37 bits per heavy atom. The summed E-state index contributed by atoms with van der Waals surface area (Å²) in [6.45, 7) is 8.22. The van der Waals surface area contributed by atoms with Crippen LogP contribution < -0.4 is 5.32 Å². The van der Waals surface area contributed by atoms with E-state index in [1.54, 1.807) is 6.33 Å². The number of hydrogen-bond acceptors (Lipinski definition) is 4. The topological polar surface area (TPSA) is 60.6 Å². The monoisotopic (exact) mass is 262 g/mol. The number of nitrogens with one attached hydrogen (secondary N) is 1. The molecule has 104 valence electrons. The minimum atomic E-state index is 0.605. The Labute approximate surface area is 113 Å². The van der Waals surface area contributed by atoms with Gasteiger partial charge in [0.2, 0.25) is 5.95 Å². The summed E-state index contributed by atoms with van der Waals surface area (Å²) in [6.07, 6.45) is 4.65. The Morgan fingerprint density at radius 3 is 2.79 bits per heavy atom. The number of anilines is 1. The summed E-state index contributed by atoms with van der Waals surface area (Å²) < 4.78 is 4.12. The van der Waals surface area contributed by atoms with Gasteiger partial charge in [-0.25, -0.2) is 4.98 Å². The molecule has 19 heavy (non-hydrogen) atoms.